The number of aromatic nitrogens is 4. The van der Waals surface area contributed by atoms with E-state index in [1.54, 1.807) is 11.1 Å². The monoisotopic (exact) mass is 610 g/mol. The number of hydrogen-bond donors (Lipinski definition) is 4. The second kappa shape index (κ2) is 12.2. The summed E-state index contributed by atoms with van der Waals surface area (Å²) in [6.45, 7) is 8.04. The number of nitrogens with zero attached hydrogens (tertiary/aromatic N) is 6. The molecule has 42 heavy (non-hydrogen) atoms. The van der Waals surface area contributed by atoms with Crippen molar-refractivity contribution in [1.29, 1.82) is 0 Å². The summed E-state index contributed by atoms with van der Waals surface area (Å²) in [4.78, 5) is 47.5. The summed E-state index contributed by atoms with van der Waals surface area (Å²) in [5, 5.41) is 33.3. The van der Waals surface area contributed by atoms with E-state index in [9.17, 15) is 24.6 Å². The van der Waals surface area contributed by atoms with Gasteiger partial charge in [0.15, 0.2) is 5.84 Å². The number of aliphatic hydroxyl groups excluding tert-OH is 1. The first kappa shape index (κ1) is 29.0. The third-order valence-electron chi connectivity index (χ3n) is 7.05. The Balaban J connectivity index is 1.36. The first-order valence-electron chi connectivity index (χ1n) is 12.9. The second-order valence-electron chi connectivity index (χ2n) is 9.82. The predicted molar refractivity (Wildman–Crippen MR) is 156 cm³/mol. The molecule has 1 aliphatic rings. The largest absolute Gasteiger partial charge is 0.480 e. The van der Waals surface area contributed by atoms with Crippen molar-refractivity contribution in [2.24, 2.45) is 5.10 Å². The molecule has 2 aromatic carbocycles. The maximum Gasteiger partial charge on any atom is 0.326 e. The number of amides is 1. The number of fused-ring (bicyclic) bond motifs is 2. The quantitative estimate of drug-likeness (QED) is 0.102. The van der Waals surface area contributed by atoms with Crippen molar-refractivity contribution in [3.8, 4) is 0 Å². The SMILES string of the molecule is [C-]#[N+]/N=C(\CC[C@H](NC(=O)c1c(Cl)cc2c(=O)n(Cc3ccc4cn[nH]c4c3)cnc2c1Cl)C(=O)O)N1CC[C@H](O)C1. The lowest BCUT2D eigenvalue weighted by atomic mass is 10.1. The number of aromatic amines is 1. The molecule has 1 fully saturated rings. The molecule has 0 bridgehead atoms. The predicted octanol–water partition coefficient (Wildman–Crippen LogP) is 2.89. The molecule has 0 radical (unpaired) electrons. The topological polar surface area (TPSA) is 170 Å². The standard InChI is InChI=1S/C27H24Cl2N8O5/c1-30-35-21(36-7-6-16(38)12-36)5-4-19(27(41)42)33-25(39)22-18(28)9-17-24(23(22)29)31-13-37(26(17)40)11-14-2-3-15-10-32-34-20(15)8-14/h2-3,8-10,13,16,19,38H,4-7,11-12H2,(H,32,34)(H,33,39)(H,41,42)/b35-21+/t16-,19-/m0/s1. The smallest absolute Gasteiger partial charge is 0.326 e. The van der Waals surface area contributed by atoms with E-state index in [1.165, 1.54) is 17.0 Å². The first-order chi connectivity index (χ1) is 20.2. The number of benzene rings is 2. The van der Waals surface area contributed by atoms with Gasteiger partial charge in [0, 0.05) is 24.9 Å². The Morgan fingerprint density at radius 2 is 2.12 bits per heavy atom. The van der Waals surface area contributed by atoms with Crippen LogP contribution in [0, 0.1) is 6.57 Å². The highest BCUT2D eigenvalue weighted by Gasteiger charge is 2.29. The Hall–Kier alpha value is -4.51. The lowest BCUT2D eigenvalue weighted by molar-refractivity contribution is -0.139. The van der Waals surface area contributed by atoms with Crippen LogP contribution in [0.15, 0.2) is 46.7 Å². The van der Waals surface area contributed by atoms with E-state index < -0.39 is 29.6 Å². The molecule has 0 aliphatic carbocycles. The molecule has 216 valence electrons. The molecule has 15 heteroatoms. The van der Waals surface area contributed by atoms with Gasteiger partial charge in [-0.3, -0.25) is 19.3 Å². The van der Waals surface area contributed by atoms with Crippen molar-refractivity contribution in [1.82, 2.24) is 30.0 Å². The van der Waals surface area contributed by atoms with E-state index in [1.807, 2.05) is 18.2 Å². The van der Waals surface area contributed by atoms with Gasteiger partial charge in [-0.15, -0.1) is 4.95 Å². The van der Waals surface area contributed by atoms with Crippen molar-refractivity contribution >= 4 is 62.7 Å². The molecule has 4 N–H and O–H groups in total. The minimum atomic E-state index is -1.36. The Kier molecular flexibility index (Phi) is 8.39. The number of H-pyrrole nitrogens is 1. The molecule has 2 aromatic heterocycles. The molecule has 1 saturated heterocycles. The van der Waals surface area contributed by atoms with Crippen molar-refractivity contribution in [2.45, 2.75) is 38.0 Å². The summed E-state index contributed by atoms with van der Waals surface area (Å²) in [7, 11) is 0. The Bertz CT molecular complexity index is 1830. The normalized spacial score (nSPS) is 16.1. The van der Waals surface area contributed by atoms with E-state index in [-0.39, 0.29) is 52.4 Å². The van der Waals surface area contributed by atoms with Gasteiger partial charge in [-0.25, -0.2) is 9.78 Å². The van der Waals surface area contributed by atoms with E-state index >= 15 is 0 Å². The van der Waals surface area contributed by atoms with Crippen LogP contribution in [0.2, 0.25) is 10.0 Å². The Morgan fingerprint density at radius 1 is 1.31 bits per heavy atom. The molecule has 2 atom stereocenters. The van der Waals surface area contributed by atoms with Gasteiger partial charge in [0.25, 0.3) is 11.5 Å². The molecule has 13 nitrogen and oxygen atoms in total. The van der Waals surface area contributed by atoms with Crippen LogP contribution in [0.3, 0.4) is 0 Å². The number of carboxylic acids is 1. The summed E-state index contributed by atoms with van der Waals surface area (Å²) < 4.78 is 1.38. The third kappa shape index (κ3) is 5.91. The number of hydrogen-bond acceptors (Lipinski definition) is 7. The number of carboxylic acid groups (broad SMARTS) is 1. The molecule has 1 aliphatic heterocycles. The molecular weight excluding hydrogens is 587 g/mol. The lowest BCUT2D eigenvalue weighted by Gasteiger charge is -2.20. The molecule has 0 saturated carbocycles. The summed E-state index contributed by atoms with van der Waals surface area (Å²) >= 11 is 12.9. The fourth-order valence-electron chi connectivity index (χ4n) is 4.90. The van der Waals surface area contributed by atoms with Gasteiger partial charge < -0.3 is 20.4 Å². The van der Waals surface area contributed by atoms with Crippen LogP contribution in [0.25, 0.3) is 26.8 Å². The average Bonchev–Trinajstić information content (AvgIpc) is 3.60. The fraction of sp³-hybridized carbons (Fsp3) is 0.296. The number of likely N-dealkylation sites (tertiary alicyclic amines) is 1. The van der Waals surface area contributed by atoms with Crippen LogP contribution in [0.1, 0.15) is 35.2 Å². The summed E-state index contributed by atoms with van der Waals surface area (Å²) in [6, 6.07) is 5.54. The van der Waals surface area contributed by atoms with Crippen molar-refractivity contribution in [3.63, 3.8) is 0 Å². The third-order valence-corrected chi connectivity index (χ3v) is 7.72. The number of carbonyl (C=O) groups is 2. The van der Waals surface area contributed by atoms with Gasteiger partial charge >= 0.3 is 5.97 Å². The molecule has 1 amide bonds. The number of carbonyl (C=O) groups excluding carboxylic acids is 1. The lowest BCUT2D eigenvalue weighted by Crippen LogP contribution is -2.42. The number of rotatable bonds is 8. The maximum absolute atomic E-state index is 13.3. The van der Waals surface area contributed by atoms with Gasteiger partial charge in [0.2, 0.25) is 0 Å². The number of nitrogens with one attached hydrogen (secondary N) is 2. The Labute approximate surface area is 248 Å². The van der Waals surface area contributed by atoms with Crippen LogP contribution in [0.5, 0.6) is 0 Å². The van der Waals surface area contributed by atoms with E-state index in [2.05, 4.69) is 30.6 Å². The number of amidine groups is 1. The van der Waals surface area contributed by atoms with Crippen LogP contribution in [0.4, 0.5) is 0 Å². The number of aliphatic carboxylic acids is 1. The van der Waals surface area contributed by atoms with Gasteiger partial charge in [-0.1, -0.05) is 35.3 Å². The number of β-amino-alcohol motifs (C(OH)–C–C–N with tert-alkyl or cyclic N) is 1. The molecule has 0 unspecified atom stereocenters. The molecular formula is C27H24Cl2N8O5. The molecule has 3 heterocycles. The highest BCUT2D eigenvalue weighted by atomic mass is 35.5. The minimum absolute atomic E-state index is 0.0439. The zero-order chi connectivity index (χ0) is 30.0. The van der Waals surface area contributed by atoms with E-state index in [0.29, 0.717) is 18.8 Å². The van der Waals surface area contributed by atoms with Gasteiger partial charge in [0.05, 0.1) is 57.2 Å². The summed E-state index contributed by atoms with van der Waals surface area (Å²) in [5.41, 5.74) is 1.04. The number of halogens is 2. The second-order valence-corrected chi connectivity index (χ2v) is 10.6. The van der Waals surface area contributed by atoms with Crippen LogP contribution in [-0.4, -0.2) is 77.8 Å². The highest BCUT2D eigenvalue weighted by Crippen LogP contribution is 2.31. The zero-order valence-electron chi connectivity index (χ0n) is 21.9. The fourth-order valence-corrected chi connectivity index (χ4v) is 5.58. The highest BCUT2D eigenvalue weighted by molar-refractivity contribution is 6.43. The summed E-state index contributed by atoms with van der Waals surface area (Å²) in [6.07, 6.45) is 2.95. The number of aliphatic hydroxyl groups is 1. The van der Waals surface area contributed by atoms with Crippen molar-refractivity contribution in [2.75, 3.05) is 13.1 Å². The Morgan fingerprint density at radius 3 is 2.83 bits per heavy atom. The average molecular weight is 611 g/mol. The molecule has 0 spiro atoms. The van der Waals surface area contributed by atoms with Gasteiger partial charge in [-0.05, 0) is 30.5 Å². The van der Waals surface area contributed by atoms with Gasteiger partial charge in [-0.2, -0.15) is 11.7 Å². The first-order valence-corrected chi connectivity index (χ1v) is 13.6. The minimum Gasteiger partial charge on any atom is -0.480 e. The van der Waals surface area contributed by atoms with Crippen LogP contribution >= 0.6 is 23.2 Å². The molecule has 4 aromatic rings. The van der Waals surface area contributed by atoms with Crippen molar-refractivity contribution < 1.29 is 19.8 Å². The van der Waals surface area contributed by atoms with E-state index in [4.69, 9.17) is 29.8 Å². The molecule has 5 rings (SSSR count). The van der Waals surface area contributed by atoms with Crippen molar-refractivity contribution in [3.05, 3.63) is 79.8 Å². The summed E-state index contributed by atoms with van der Waals surface area (Å²) in [5.74, 6) is -1.85. The van der Waals surface area contributed by atoms with Crippen LogP contribution < -0.4 is 10.9 Å². The maximum atomic E-state index is 13.3. The zero-order valence-corrected chi connectivity index (χ0v) is 23.4. The van der Waals surface area contributed by atoms with Gasteiger partial charge in [0.1, 0.15) is 11.1 Å². The van der Waals surface area contributed by atoms with Crippen LogP contribution in [-0.2, 0) is 11.3 Å². The van der Waals surface area contributed by atoms with E-state index in [0.717, 1.165) is 16.5 Å².